The van der Waals surface area contributed by atoms with Crippen LogP contribution in [0.15, 0.2) is 36.4 Å². The van der Waals surface area contributed by atoms with Crippen molar-refractivity contribution in [3.05, 3.63) is 62.6 Å². The number of hydrogen-bond donors (Lipinski definition) is 1. The van der Waals surface area contributed by atoms with Gasteiger partial charge in [-0.2, -0.15) is 0 Å². The first-order valence-electron chi connectivity index (χ1n) is 6.49. The zero-order valence-electron chi connectivity index (χ0n) is 11.8. The van der Waals surface area contributed by atoms with Crippen LogP contribution in [0.3, 0.4) is 0 Å². The van der Waals surface area contributed by atoms with Crippen molar-refractivity contribution in [2.24, 2.45) is 0 Å². The molecule has 21 heavy (non-hydrogen) atoms. The molecule has 0 radical (unpaired) electrons. The summed E-state index contributed by atoms with van der Waals surface area (Å²) in [6, 6.07) is 11.4. The largest absolute Gasteiger partial charge is 0.496 e. The van der Waals surface area contributed by atoms with E-state index in [1.165, 1.54) is 0 Å². The van der Waals surface area contributed by atoms with Crippen LogP contribution in [0.1, 0.15) is 17.2 Å². The molecule has 0 bridgehead atoms. The summed E-state index contributed by atoms with van der Waals surface area (Å²) in [4.78, 5) is 0. The summed E-state index contributed by atoms with van der Waals surface area (Å²) in [6.07, 6.45) is 0.769. The molecule has 0 saturated heterocycles. The lowest BCUT2D eigenvalue weighted by Gasteiger charge is -2.20. The second kappa shape index (κ2) is 7.37. The first-order valence-corrected chi connectivity index (χ1v) is 7.63. The van der Waals surface area contributed by atoms with Crippen LogP contribution in [0.4, 0.5) is 0 Å². The molecular weight excluding hydrogens is 329 g/mol. The quantitative estimate of drug-likeness (QED) is 0.809. The minimum Gasteiger partial charge on any atom is -0.496 e. The van der Waals surface area contributed by atoms with Crippen molar-refractivity contribution >= 4 is 34.8 Å². The maximum atomic E-state index is 6.07. The van der Waals surface area contributed by atoms with Gasteiger partial charge in [-0.05, 0) is 43.3 Å². The number of likely N-dealkylation sites (N-methyl/N-ethyl adjacent to an activating group) is 1. The summed E-state index contributed by atoms with van der Waals surface area (Å²) in [7, 11) is 3.55. The maximum Gasteiger partial charge on any atom is 0.125 e. The Labute approximate surface area is 140 Å². The molecule has 0 aliphatic rings. The molecular formula is C16H16Cl3NO. The van der Waals surface area contributed by atoms with Crippen LogP contribution in [0.5, 0.6) is 5.75 Å². The van der Waals surface area contributed by atoms with E-state index in [9.17, 15) is 0 Å². The molecule has 0 spiro atoms. The van der Waals surface area contributed by atoms with Crippen molar-refractivity contribution < 1.29 is 4.74 Å². The van der Waals surface area contributed by atoms with Crippen LogP contribution in [0, 0.1) is 0 Å². The van der Waals surface area contributed by atoms with Gasteiger partial charge in [-0.25, -0.2) is 0 Å². The molecule has 0 heterocycles. The second-order valence-electron chi connectivity index (χ2n) is 4.68. The minimum atomic E-state index is 0.0921. The zero-order valence-corrected chi connectivity index (χ0v) is 14.1. The number of methoxy groups -OCH3 is 1. The number of halogens is 3. The molecule has 2 rings (SSSR count). The molecule has 0 saturated carbocycles. The van der Waals surface area contributed by atoms with Crippen molar-refractivity contribution in [1.82, 2.24) is 5.32 Å². The average Bonchev–Trinajstić information content (AvgIpc) is 2.48. The molecule has 0 aliphatic heterocycles. The Morgan fingerprint density at radius 2 is 1.81 bits per heavy atom. The number of rotatable bonds is 5. The Morgan fingerprint density at radius 1 is 1.05 bits per heavy atom. The van der Waals surface area contributed by atoms with Crippen molar-refractivity contribution in [3.63, 3.8) is 0 Å². The zero-order chi connectivity index (χ0) is 15.4. The van der Waals surface area contributed by atoms with Gasteiger partial charge in [-0.1, -0.05) is 46.9 Å². The number of hydrogen-bond acceptors (Lipinski definition) is 2. The molecule has 2 aromatic rings. The van der Waals surface area contributed by atoms with E-state index in [0.29, 0.717) is 15.1 Å². The third-order valence-electron chi connectivity index (χ3n) is 3.34. The molecule has 2 aromatic carbocycles. The van der Waals surface area contributed by atoms with Gasteiger partial charge in [0, 0.05) is 16.6 Å². The molecule has 1 unspecified atom stereocenters. The van der Waals surface area contributed by atoms with Gasteiger partial charge < -0.3 is 10.1 Å². The number of nitrogens with one attached hydrogen (secondary N) is 1. The summed E-state index contributed by atoms with van der Waals surface area (Å²) in [5.74, 6) is 0.766. The second-order valence-corrected chi connectivity index (χ2v) is 5.93. The lowest BCUT2D eigenvalue weighted by atomic mass is 9.98. The van der Waals surface area contributed by atoms with E-state index in [-0.39, 0.29) is 6.04 Å². The van der Waals surface area contributed by atoms with Gasteiger partial charge in [0.15, 0.2) is 0 Å². The molecule has 112 valence electrons. The molecule has 0 fully saturated rings. The normalized spacial score (nSPS) is 12.2. The van der Waals surface area contributed by atoms with E-state index < -0.39 is 0 Å². The van der Waals surface area contributed by atoms with Crippen LogP contribution in [-0.2, 0) is 6.42 Å². The van der Waals surface area contributed by atoms with Gasteiger partial charge in [0.1, 0.15) is 5.75 Å². The average molecular weight is 345 g/mol. The molecule has 1 atom stereocenters. The first kappa shape index (κ1) is 16.4. The van der Waals surface area contributed by atoms with E-state index in [0.717, 1.165) is 23.3 Å². The van der Waals surface area contributed by atoms with Crippen molar-refractivity contribution in [2.45, 2.75) is 12.5 Å². The lowest BCUT2D eigenvalue weighted by Crippen LogP contribution is -2.19. The smallest absolute Gasteiger partial charge is 0.125 e. The standard InChI is InChI=1S/C16H16Cl3NO/c1-20-15(8-10-3-6-13(18)14(19)7-10)12-5-4-11(17)9-16(12)21-2/h3-7,9,15,20H,8H2,1-2H3. The van der Waals surface area contributed by atoms with Crippen LogP contribution in [-0.4, -0.2) is 14.2 Å². The summed E-state index contributed by atoms with van der Waals surface area (Å²) in [6.45, 7) is 0. The summed E-state index contributed by atoms with van der Waals surface area (Å²) in [5, 5.41) is 5.07. The lowest BCUT2D eigenvalue weighted by molar-refractivity contribution is 0.401. The van der Waals surface area contributed by atoms with E-state index in [1.54, 1.807) is 7.11 Å². The predicted octanol–water partition coefficient (Wildman–Crippen LogP) is 5.16. The van der Waals surface area contributed by atoms with Gasteiger partial charge in [0.25, 0.3) is 0 Å². The molecule has 0 aromatic heterocycles. The highest BCUT2D eigenvalue weighted by molar-refractivity contribution is 6.42. The van der Waals surface area contributed by atoms with Gasteiger partial charge in [-0.15, -0.1) is 0 Å². The van der Waals surface area contributed by atoms with Gasteiger partial charge in [-0.3, -0.25) is 0 Å². The first-order chi connectivity index (χ1) is 10.0. The van der Waals surface area contributed by atoms with Crippen LogP contribution in [0.2, 0.25) is 15.1 Å². The number of ether oxygens (including phenoxy) is 1. The fourth-order valence-electron chi connectivity index (χ4n) is 2.24. The monoisotopic (exact) mass is 343 g/mol. The maximum absolute atomic E-state index is 6.07. The van der Waals surface area contributed by atoms with Crippen LogP contribution in [0.25, 0.3) is 0 Å². The van der Waals surface area contributed by atoms with Crippen LogP contribution >= 0.6 is 34.8 Å². The fourth-order valence-corrected chi connectivity index (χ4v) is 2.73. The van der Waals surface area contributed by atoms with E-state index in [4.69, 9.17) is 39.5 Å². The molecule has 1 N–H and O–H groups in total. The summed E-state index contributed by atoms with van der Waals surface area (Å²) in [5.41, 5.74) is 2.15. The van der Waals surface area contributed by atoms with E-state index in [2.05, 4.69) is 5.32 Å². The third kappa shape index (κ3) is 4.04. The molecule has 2 nitrogen and oxygen atoms in total. The van der Waals surface area contributed by atoms with E-state index >= 15 is 0 Å². The summed E-state index contributed by atoms with van der Waals surface area (Å²) < 4.78 is 5.42. The van der Waals surface area contributed by atoms with Crippen molar-refractivity contribution in [3.8, 4) is 5.75 Å². The topological polar surface area (TPSA) is 21.3 Å². The Hall–Kier alpha value is -0.930. The highest BCUT2D eigenvalue weighted by Gasteiger charge is 2.16. The van der Waals surface area contributed by atoms with Crippen LogP contribution < -0.4 is 10.1 Å². The van der Waals surface area contributed by atoms with E-state index in [1.807, 2.05) is 43.4 Å². The van der Waals surface area contributed by atoms with Gasteiger partial charge in [0.2, 0.25) is 0 Å². The Kier molecular flexibility index (Phi) is 5.77. The molecule has 5 heteroatoms. The van der Waals surface area contributed by atoms with Crippen molar-refractivity contribution in [1.29, 1.82) is 0 Å². The third-order valence-corrected chi connectivity index (χ3v) is 4.32. The molecule has 0 amide bonds. The Balaban J connectivity index is 2.29. The SMILES string of the molecule is CNC(Cc1ccc(Cl)c(Cl)c1)c1ccc(Cl)cc1OC. The fraction of sp³-hybridized carbons (Fsp3) is 0.250. The number of benzene rings is 2. The predicted molar refractivity (Wildman–Crippen MR) is 90.0 cm³/mol. The van der Waals surface area contributed by atoms with Gasteiger partial charge >= 0.3 is 0 Å². The molecule has 0 aliphatic carbocycles. The highest BCUT2D eigenvalue weighted by Crippen LogP contribution is 2.31. The Bertz CT molecular complexity index is 631. The van der Waals surface area contributed by atoms with Crippen molar-refractivity contribution in [2.75, 3.05) is 14.2 Å². The highest BCUT2D eigenvalue weighted by atomic mass is 35.5. The van der Waals surface area contributed by atoms with Gasteiger partial charge in [0.05, 0.1) is 17.2 Å². The Morgan fingerprint density at radius 3 is 2.43 bits per heavy atom. The summed E-state index contributed by atoms with van der Waals surface area (Å²) >= 11 is 18.0. The minimum absolute atomic E-state index is 0.0921.